The van der Waals surface area contributed by atoms with E-state index in [0.29, 0.717) is 30.1 Å². The van der Waals surface area contributed by atoms with Crippen LogP contribution in [0.3, 0.4) is 0 Å². The number of halogens is 3. The van der Waals surface area contributed by atoms with Crippen molar-refractivity contribution < 1.29 is 9.18 Å². The first-order valence-corrected chi connectivity index (χ1v) is 9.27. The lowest BCUT2D eigenvalue weighted by Crippen LogP contribution is -2.33. The standard InChI is InChI=1S/C18H22FN3OS.2ClH/c19-15-6-2-1-5-14(15)10-17-22-16(12-24-17)18(23)21-9-7-13-4-3-8-20-11-13;;/h1-2,5-6,12-13,20H,3-4,7-11H2,(H,21,23);2*1H. The highest BCUT2D eigenvalue weighted by Crippen LogP contribution is 2.17. The molecule has 2 N–H and O–H groups in total. The normalized spacial score (nSPS) is 16.3. The minimum atomic E-state index is -0.236. The Bertz CT molecular complexity index is 693. The Labute approximate surface area is 169 Å². The number of aromatic nitrogens is 1. The Morgan fingerprint density at radius 2 is 2.15 bits per heavy atom. The summed E-state index contributed by atoms with van der Waals surface area (Å²) in [5.41, 5.74) is 1.02. The van der Waals surface area contributed by atoms with E-state index in [2.05, 4.69) is 15.6 Å². The van der Waals surface area contributed by atoms with Gasteiger partial charge in [-0.3, -0.25) is 4.79 Å². The fourth-order valence-electron chi connectivity index (χ4n) is 2.95. The molecule has 2 aromatic rings. The van der Waals surface area contributed by atoms with Gasteiger partial charge < -0.3 is 10.6 Å². The second kappa shape index (κ2) is 11.5. The van der Waals surface area contributed by atoms with Gasteiger partial charge in [0.1, 0.15) is 11.5 Å². The van der Waals surface area contributed by atoms with Crippen LogP contribution in [-0.2, 0) is 6.42 Å². The lowest BCUT2D eigenvalue weighted by molar-refractivity contribution is 0.0946. The first-order valence-electron chi connectivity index (χ1n) is 8.39. The number of nitrogens with zero attached hydrogens (tertiary/aromatic N) is 1. The Morgan fingerprint density at radius 3 is 2.88 bits per heavy atom. The van der Waals surface area contributed by atoms with E-state index in [4.69, 9.17) is 0 Å². The SMILES string of the molecule is Cl.Cl.O=C(NCCC1CCCNC1)c1csc(Cc2ccccc2F)n1. The largest absolute Gasteiger partial charge is 0.351 e. The maximum atomic E-state index is 13.7. The molecule has 2 heterocycles. The average Bonchev–Trinajstić information content (AvgIpc) is 3.07. The van der Waals surface area contributed by atoms with Gasteiger partial charge in [0.15, 0.2) is 0 Å². The zero-order valence-electron chi connectivity index (χ0n) is 14.4. The van der Waals surface area contributed by atoms with Crippen LogP contribution < -0.4 is 10.6 Å². The number of hydrogen-bond acceptors (Lipinski definition) is 4. The maximum absolute atomic E-state index is 13.7. The van der Waals surface area contributed by atoms with Gasteiger partial charge in [0.2, 0.25) is 0 Å². The predicted octanol–water partition coefficient (Wildman–Crippen LogP) is 3.84. The summed E-state index contributed by atoms with van der Waals surface area (Å²) in [4.78, 5) is 16.5. The molecule has 1 atom stereocenters. The molecule has 1 aliphatic heterocycles. The summed E-state index contributed by atoms with van der Waals surface area (Å²) in [6, 6.07) is 6.66. The molecular formula is C18H24Cl2FN3OS. The second-order valence-electron chi connectivity index (χ2n) is 6.15. The van der Waals surface area contributed by atoms with Gasteiger partial charge in [-0.05, 0) is 49.9 Å². The van der Waals surface area contributed by atoms with E-state index in [1.165, 1.54) is 30.2 Å². The van der Waals surface area contributed by atoms with Gasteiger partial charge >= 0.3 is 0 Å². The van der Waals surface area contributed by atoms with Crippen LogP contribution in [0.15, 0.2) is 29.6 Å². The van der Waals surface area contributed by atoms with E-state index in [0.717, 1.165) is 24.5 Å². The van der Waals surface area contributed by atoms with Crippen LogP contribution in [-0.4, -0.2) is 30.5 Å². The van der Waals surface area contributed by atoms with Crippen LogP contribution in [0.2, 0.25) is 0 Å². The number of carbonyl (C=O) groups excluding carboxylic acids is 1. The Kier molecular flexibility index (Phi) is 10.1. The molecule has 4 nitrogen and oxygen atoms in total. The molecule has 1 fully saturated rings. The number of benzene rings is 1. The fourth-order valence-corrected chi connectivity index (χ4v) is 3.75. The first-order chi connectivity index (χ1) is 11.7. The van der Waals surface area contributed by atoms with Crippen LogP contribution in [0.25, 0.3) is 0 Å². The Hall–Kier alpha value is -1.21. The average molecular weight is 420 g/mol. The molecule has 26 heavy (non-hydrogen) atoms. The molecule has 1 aliphatic rings. The molecule has 3 rings (SSSR count). The number of piperidine rings is 1. The maximum Gasteiger partial charge on any atom is 0.270 e. The molecule has 1 aromatic carbocycles. The van der Waals surface area contributed by atoms with Gasteiger partial charge in [0.25, 0.3) is 5.91 Å². The molecule has 0 radical (unpaired) electrons. The molecule has 1 unspecified atom stereocenters. The van der Waals surface area contributed by atoms with Crippen molar-refractivity contribution >= 4 is 42.1 Å². The van der Waals surface area contributed by atoms with Crippen molar-refractivity contribution in [3.05, 3.63) is 51.7 Å². The minimum absolute atomic E-state index is 0. The molecule has 144 valence electrons. The van der Waals surface area contributed by atoms with E-state index in [-0.39, 0.29) is 36.5 Å². The number of nitrogens with one attached hydrogen (secondary N) is 2. The molecule has 0 spiro atoms. The summed E-state index contributed by atoms with van der Waals surface area (Å²) in [5.74, 6) is 0.265. The zero-order chi connectivity index (χ0) is 16.8. The van der Waals surface area contributed by atoms with E-state index in [1.54, 1.807) is 23.6 Å². The van der Waals surface area contributed by atoms with Crippen molar-refractivity contribution in [3.8, 4) is 0 Å². The fraction of sp³-hybridized carbons (Fsp3) is 0.444. The van der Waals surface area contributed by atoms with Crippen molar-refractivity contribution in [2.45, 2.75) is 25.7 Å². The summed E-state index contributed by atoms with van der Waals surface area (Å²) >= 11 is 1.39. The Balaban J connectivity index is 0.00000169. The van der Waals surface area contributed by atoms with Gasteiger partial charge in [-0.1, -0.05) is 18.2 Å². The Morgan fingerprint density at radius 1 is 1.35 bits per heavy atom. The number of hydrogen-bond donors (Lipinski definition) is 2. The third-order valence-corrected chi connectivity index (χ3v) is 5.17. The van der Waals surface area contributed by atoms with Crippen molar-refractivity contribution in [2.75, 3.05) is 19.6 Å². The van der Waals surface area contributed by atoms with E-state index < -0.39 is 0 Å². The lowest BCUT2D eigenvalue weighted by atomic mass is 9.96. The number of rotatable bonds is 6. The first kappa shape index (κ1) is 22.8. The summed E-state index contributed by atoms with van der Waals surface area (Å²) in [5, 5.41) is 8.82. The third-order valence-electron chi connectivity index (χ3n) is 4.32. The minimum Gasteiger partial charge on any atom is -0.351 e. The van der Waals surface area contributed by atoms with Crippen molar-refractivity contribution in [1.82, 2.24) is 15.6 Å². The number of thiazole rings is 1. The van der Waals surface area contributed by atoms with E-state index >= 15 is 0 Å². The van der Waals surface area contributed by atoms with Crippen molar-refractivity contribution in [3.63, 3.8) is 0 Å². The highest BCUT2D eigenvalue weighted by Gasteiger charge is 2.15. The van der Waals surface area contributed by atoms with Crippen LogP contribution in [0.4, 0.5) is 4.39 Å². The zero-order valence-corrected chi connectivity index (χ0v) is 16.8. The highest BCUT2D eigenvalue weighted by molar-refractivity contribution is 7.09. The molecule has 1 amide bonds. The molecule has 0 bridgehead atoms. The van der Waals surface area contributed by atoms with Gasteiger partial charge in [-0.2, -0.15) is 0 Å². The smallest absolute Gasteiger partial charge is 0.270 e. The number of amides is 1. The topological polar surface area (TPSA) is 54.0 Å². The molecule has 1 aromatic heterocycles. The van der Waals surface area contributed by atoms with Crippen LogP contribution >= 0.6 is 36.2 Å². The molecular weight excluding hydrogens is 396 g/mol. The molecule has 0 aliphatic carbocycles. The van der Waals surface area contributed by atoms with Gasteiger partial charge in [-0.15, -0.1) is 36.2 Å². The predicted molar refractivity (Wildman–Crippen MR) is 108 cm³/mol. The second-order valence-corrected chi connectivity index (χ2v) is 7.09. The summed E-state index contributed by atoms with van der Waals surface area (Å²) in [7, 11) is 0. The quantitative estimate of drug-likeness (QED) is 0.747. The summed E-state index contributed by atoms with van der Waals surface area (Å²) < 4.78 is 13.7. The molecule has 0 saturated carbocycles. The summed E-state index contributed by atoms with van der Waals surface area (Å²) in [6.07, 6.45) is 3.85. The van der Waals surface area contributed by atoms with Gasteiger partial charge in [0.05, 0.1) is 5.01 Å². The van der Waals surface area contributed by atoms with Crippen LogP contribution in [0.5, 0.6) is 0 Å². The van der Waals surface area contributed by atoms with E-state index in [9.17, 15) is 9.18 Å². The van der Waals surface area contributed by atoms with E-state index in [1.807, 2.05) is 0 Å². The van der Waals surface area contributed by atoms with Crippen LogP contribution in [0.1, 0.15) is 40.3 Å². The third kappa shape index (κ3) is 6.50. The van der Waals surface area contributed by atoms with Crippen molar-refractivity contribution in [2.24, 2.45) is 5.92 Å². The molecule has 8 heteroatoms. The van der Waals surface area contributed by atoms with Gasteiger partial charge in [0, 0.05) is 18.3 Å². The molecule has 1 saturated heterocycles. The highest BCUT2D eigenvalue weighted by atomic mass is 35.5. The summed E-state index contributed by atoms with van der Waals surface area (Å²) in [6.45, 7) is 2.82. The number of carbonyl (C=O) groups is 1. The lowest BCUT2D eigenvalue weighted by Gasteiger charge is -2.22. The van der Waals surface area contributed by atoms with Crippen molar-refractivity contribution in [1.29, 1.82) is 0 Å². The van der Waals surface area contributed by atoms with Crippen LogP contribution in [0, 0.1) is 11.7 Å². The van der Waals surface area contributed by atoms with Gasteiger partial charge in [-0.25, -0.2) is 9.37 Å². The monoisotopic (exact) mass is 419 g/mol.